The van der Waals surface area contributed by atoms with Crippen molar-refractivity contribution in [3.8, 4) is 17.2 Å². The number of hydrogen-bond donors (Lipinski definition) is 2. The number of hydrogen-bond acceptors (Lipinski definition) is 9. The molecule has 0 bridgehead atoms. The third kappa shape index (κ3) is 8.87. The van der Waals surface area contributed by atoms with Gasteiger partial charge in [0.25, 0.3) is 5.91 Å². The first-order valence-corrected chi connectivity index (χ1v) is 15.4. The van der Waals surface area contributed by atoms with Crippen molar-refractivity contribution in [3.05, 3.63) is 94.5 Å². The number of benzene rings is 3. The normalized spacial score (nSPS) is 13.4. The summed E-state index contributed by atoms with van der Waals surface area (Å²) in [5.41, 5.74) is 5.10. The van der Waals surface area contributed by atoms with Gasteiger partial charge < -0.3 is 14.2 Å². The van der Waals surface area contributed by atoms with Crippen LogP contribution < -0.4 is 25.0 Å². The van der Waals surface area contributed by atoms with Crippen molar-refractivity contribution in [2.45, 2.75) is 44.4 Å². The van der Waals surface area contributed by atoms with Crippen LogP contribution in [-0.4, -0.2) is 48.5 Å². The number of hydrazone groups is 1. The molecule has 228 valence electrons. The van der Waals surface area contributed by atoms with Gasteiger partial charge in [0.15, 0.2) is 11.5 Å². The molecule has 3 aromatic carbocycles. The summed E-state index contributed by atoms with van der Waals surface area (Å²) >= 11 is 1.13. The Morgan fingerprint density at radius 2 is 1.70 bits per heavy atom. The average molecular weight is 614 g/mol. The fourth-order valence-corrected chi connectivity index (χ4v) is 5.69. The van der Waals surface area contributed by atoms with E-state index in [4.69, 9.17) is 14.2 Å². The van der Waals surface area contributed by atoms with Crippen LogP contribution in [0.3, 0.4) is 0 Å². The van der Waals surface area contributed by atoms with Gasteiger partial charge >= 0.3 is 0 Å². The summed E-state index contributed by atoms with van der Waals surface area (Å²) in [6.45, 7) is 0.754. The highest BCUT2D eigenvalue weighted by Gasteiger charge is 2.15. The Balaban J connectivity index is 1.04. The van der Waals surface area contributed by atoms with E-state index in [1.165, 1.54) is 43.9 Å². The minimum absolute atomic E-state index is 0.0287. The molecule has 0 saturated heterocycles. The van der Waals surface area contributed by atoms with Gasteiger partial charge in [-0.3, -0.25) is 14.9 Å². The summed E-state index contributed by atoms with van der Waals surface area (Å²) in [6.07, 6.45) is 8.03. The summed E-state index contributed by atoms with van der Waals surface area (Å²) in [6, 6.07) is 22.6. The molecule has 1 fully saturated rings. The van der Waals surface area contributed by atoms with Crippen LogP contribution in [0.2, 0.25) is 0 Å². The maximum atomic E-state index is 12.3. The SMILES string of the molecule is COc1cc(C=NNC(=O)Cc2nnc(NC(=O)c3ccccc3)s2)ccc1OCCOc1ccc(C2CCCCC2)cc1. The first-order valence-electron chi connectivity index (χ1n) is 14.6. The molecular formula is C33H35N5O5S. The minimum Gasteiger partial charge on any atom is -0.493 e. The highest BCUT2D eigenvalue weighted by Crippen LogP contribution is 2.33. The highest BCUT2D eigenvalue weighted by atomic mass is 32.1. The van der Waals surface area contributed by atoms with Gasteiger partial charge in [0.1, 0.15) is 24.0 Å². The van der Waals surface area contributed by atoms with E-state index in [9.17, 15) is 9.59 Å². The van der Waals surface area contributed by atoms with Gasteiger partial charge in [-0.2, -0.15) is 5.10 Å². The van der Waals surface area contributed by atoms with E-state index >= 15 is 0 Å². The fourth-order valence-electron chi connectivity index (χ4n) is 4.96. The number of nitrogens with zero attached hydrogens (tertiary/aromatic N) is 3. The lowest BCUT2D eigenvalue weighted by atomic mass is 9.84. The lowest BCUT2D eigenvalue weighted by Crippen LogP contribution is -2.19. The molecule has 0 radical (unpaired) electrons. The fraction of sp³-hybridized carbons (Fsp3) is 0.303. The first-order chi connectivity index (χ1) is 21.6. The third-order valence-electron chi connectivity index (χ3n) is 7.19. The zero-order valence-electron chi connectivity index (χ0n) is 24.5. The van der Waals surface area contributed by atoms with Gasteiger partial charge in [0.05, 0.1) is 19.7 Å². The molecular weight excluding hydrogens is 578 g/mol. The molecule has 4 aromatic rings. The Labute approximate surface area is 260 Å². The number of carbonyl (C=O) groups excluding carboxylic acids is 2. The second kappa shape index (κ2) is 15.6. The topological polar surface area (TPSA) is 124 Å². The molecule has 0 atom stereocenters. The third-order valence-corrected chi connectivity index (χ3v) is 8.03. The molecule has 1 aliphatic carbocycles. The smallest absolute Gasteiger partial charge is 0.257 e. The predicted molar refractivity (Wildman–Crippen MR) is 170 cm³/mol. The lowest BCUT2D eigenvalue weighted by Gasteiger charge is -2.22. The number of ether oxygens (including phenoxy) is 3. The summed E-state index contributed by atoms with van der Waals surface area (Å²) < 4.78 is 17.2. The van der Waals surface area contributed by atoms with Crippen molar-refractivity contribution in [1.82, 2.24) is 15.6 Å². The summed E-state index contributed by atoms with van der Waals surface area (Å²) in [7, 11) is 1.56. The van der Waals surface area contributed by atoms with Gasteiger partial charge in [-0.05, 0) is 72.4 Å². The summed E-state index contributed by atoms with van der Waals surface area (Å²) in [5.74, 6) is 1.96. The van der Waals surface area contributed by atoms with Crippen LogP contribution in [0.25, 0.3) is 0 Å². The van der Waals surface area contributed by atoms with Crippen LogP contribution in [0, 0.1) is 0 Å². The standard InChI is InChI=1S/C33H35N5O5S/c1-41-29-20-23(12-17-28(29)43-19-18-42-27-15-13-25(14-16-27)24-8-4-2-5-9-24)22-34-36-30(39)21-31-37-38-33(44-31)35-32(40)26-10-6-3-7-11-26/h3,6-7,10-17,20,22,24H,2,4-5,8-9,18-19,21H2,1H3,(H,36,39)(H,35,38,40). The van der Waals surface area contributed by atoms with Crippen LogP contribution in [0.4, 0.5) is 5.13 Å². The van der Waals surface area contributed by atoms with Gasteiger partial charge in [-0.15, -0.1) is 10.2 Å². The Morgan fingerprint density at radius 3 is 2.48 bits per heavy atom. The molecule has 1 aliphatic rings. The van der Waals surface area contributed by atoms with Gasteiger partial charge in [-0.25, -0.2) is 5.43 Å². The number of nitrogens with one attached hydrogen (secondary N) is 2. The maximum Gasteiger partial charge on any atom is 0.257 e. The van der Waals surface area contributed by atoms with Crippen molar-refractivity contribution >= 4 is 34.5 Å². The molecule has 1 heterocycles. The number of rotatable bonds is 13. The van der Waals surface area contributed by atoms with Crippen LogP contribution in [-0.2, 0) is 11.2 Å². The molecule has 0 unspecified atom stereocenters. The van der Waals surface area contributed by atoms with Gasteiger partial charge in [-0.1, -0.05) is 60.9 Å². The number of carbonyl (C=O) groups is 2. The van der Waals surface area contributed by atoms with E-state index in [-0.39, 0.29) is 18.2 Å². The second-order valence-electron chi connectivity index (χ2n) is 10.3. The zero-order valence-corrected chi connectivity index (χ0v) is 25.3. The zero-order chi connectivity index (χ0) is 30.6. The molecule has 10 nitrogen and oxygen atoms in total. The molecule has 0 aliphatic heterocycles. The Hall–Kier alpha value is -4.77. The van der Waals surface area contributed by atoms with Crippen molar-refractivity contribution in [3.63, 3.8) is 0 Å². The molecule has 44 heavy (non-hydrogen) atoms. The Bertz CT molecular complexity index is 1550. The molecule has 1 aromatic heterocycles. The molecule has 0 spiro atoms. The van der Waals surface area contributed by atoms with E-state index < -0.39 is 0 Å². The van der Waals surface area contributed by atoms with E-state index in [1.807, 2.05) is 24.3 Å². The Kier molecular flexibility index (Phi) is 10.9. The minimum atomic E-state index is -0.367. The van der Waals surface area contributed by atoms with Gasteiger partial charge in [0, 0.05) is 5.56 Å². The molecule has 2 N–H and O–H groups in total. The molecule has 2 amide bonds. The maximum absolute atomic E-state index is 12.3. The van der Waals surface area contributed by atoms with Gasteiger partial charge in [0.2, 0.25) is 11.0 Å². The number of amides is 2. The first kappa shape index (κ1) is 30.7. The van der Waals surface area contributed by atoms with Crippen LogP contribution >= 0.6 is 11.3 Å². The average Bonchev–Trinajstić information content (AvgIpc) is 3.50. The molecule has 11 heteroatoms. The van der Waals surface area contributed by atoms with E-state index in [2.05, 4.69) is 38.2 Å². The molecule has 1 saturated carbocycles. The van der Waals surface area contributed by atoms with Crippen LogP contribution in [0.15, 0.2) is 77.9 Å². The van der Waals surface area contributed by atoms with E-state index in [0.717, 1.165) is 17.1 Å². The lowest BCUT2D eigenvalue weighted by molar-refractivity contribution is -0.120. The van der Waals surface area contributed by atoms with Crippen LogP contribution in [0.1, 0.15) is 64.5 Å². The van der Waals surface area contributed by atoms with E-state index in [0.29, 0.717) is 51.9 Å². The van der Waals surface area contributed by atoms with Crippen molar-refractivity contribution < 1.29 is 23.8 Å². The molecule has 5 rings (SSSR count). The van der Waals surface area contributed by atoms with Crippen molar-refractivity contribution in [2.75, 3.05) is 25.6 Å². The quantitative estimate of drug-likeness (QED) is 0.108. The number of aromatic nitrogens is 2. The monoisotopic (exact) mass is 613 g/mol. The predicted octanol–water partition coefficient (Wildman–Crippen LogP) is 6.00. The second-order valence-corrected chi connectivity index (χ2v) is 11.4. The van der Waals surface area contributed by atoms with Crippen molar-refractivity contribution in [1.29, 1.82) is 0 Å². The Morgan fingerprint density at radius 1 is 0.932 bits per heavy atom. The largest absolute Gasteiger partial charge is 0.493 e. The van der Waals surface area contributed by atoms with E-state index in [1.54, 1.807) is 43.5 Å². The summed E-state index contributed by atoms with van der Waals surface area (Å²) in [4.78, 5) is 24.6. The highest BCUT2D eigenvalue weighted by molar-refractivity contribution is 7.15. The van der Waals surface area contributed by atoms with Crippen molar-refractivity contribution in [2.24, 2.45) is 5.10 Å². The number of anilines is 1. The van der Waals surface area contributed by atoms with Crippen LogP contribution in [0.5, 0.6) is 17.2 Å². The summed E-state index contributed by atoms with van der Waals surface area (Å²) in [5, 5.41) is 15.4. The number of methoxy groups -OCH3 is 1.